The highest BCUT2D eigenvalue weighted by Crippen LogP contribution is 2.62. The zero-order valence-corrected chi connectivity index (χ0v) is 15.5. The normalized spacial score (nSPS) is 21.0. The molecule has 0 amide bonds. The van der Waals surface area contributed by atoms with Gasteiger partial charge in [0.25, 0.3) is 0 Å². The molecule has 132 valence electrons. The molecule has 3 heteroatoms. The average Bonchev–Trinajstić information content (AvgIpc) is 3.32. The Morgan fingerprint density at radius 1 is 0.920 bits per heavy atom. The van der Waals surface area contributed by atoms with Crippen molar-refractivity contribution in [3.8, 4) is 0 Å². The summed E-state index contributed by atoms with van der Waals surface area (Å²) in [6.45, 7) is 8.50. The monoisotopic (exact) mass is 338 g/mol. The topological polar surface area (TPSA) is 38.8 Å². The highest BCUT2D eigenvalue weighted by atomic mass is 16.7. The average molecular weight is 338 g/mol. The van der Waals surface area contributed by atoms with E-state index in [1.807, 2.05) is 13.8 Å². The van der Waals surface area contributed by atoms with Gasteiger partial charge in [-0.1, -0.05) is 73.5 Å². The highest BCUT2D eigenvalue weighted by molar-refractivity contribution is 5.87. The largest absolute Gasteiger partial charge is 0.463 e. The van der Waals surface area contributed by atoms with E-state index in [4.69, 9.17) is 9.47 Å². The molecule has 1 unspecified atom stereocenters. The summed E-state index contributed by atoms with van der Waals surface area (Å²) in [5.41, 5.74) is 2.63. The van der Waals surface area contributed by atoms with Gasteiger partial charge in [-0.05, 0) is 37.8 Å². The number of esters is 1. The van der Waals surface area contributed by atoms with Crippen LogP contribution in [-0.2, 0) is 19.9 Å². The maximum Gasteiger partial charge on any atom is 0.342 e. The van der Waals surface area contributed by atoms with Gasteiger partial charge >= 0.3 is 5.97 Å². The third-order valence-corrected chi connectivity index (χ3v) is 5.04. The first-order valence-electron chi connectivity index (χ1n) is 9.02. The van der Waals surface area contributed by atoms with Crippen molar-refractivity contribution in [2.45, 2.75) is 51.7 Å². The lowest BCUT2D eigenvalue weighted by Gasteiger charge is -2.20. The van der Waals surface area contributed by atoms with Crippen LogP contribution in [0.15, 0.2) is 48.5 Å². The second-order valence-corrected chi connectivity index (χ2v) is 6.83. The Kier molecular flexibility index (Phi) is 4.70. The fourth-order valence-corrected chi connectivity index (χ4v) is 3.53. The Hall–Kier alpha value is -2.13. The summed E-state index contributed by atoms with van der Waals surface area (Å²) in [4.78, 5) is 12.9. The third kappa shape index (κ3) is 2.77. The van der Waals surface area contributed by atoms with Crippen molar-refractivity contribution in [3.63, 3.8) is 0 Å². The number of epoxide rings is 1. The van der Waals surface area contributed by atoms with E-state index in [-0.39, 0.29) is 5.97 Å². The molecule has 25 heavy (non-hydrogen) atoms. The van der Waals surface area contributed by atoms with Crippen molar-refractivity contribution in [2.75, 3.05) is 6.61 Å². The Balaban J connectivity index is 2.10. The molecule has 0 aliphatic carbocycles. The molecular formula is C22H26O3. The summed E-state index contributed by atoms with van der Waals surface area (Å²) in [6, 6.07) is 16.5. The maximum absolute atomic E-state index is 12.9. The molecule has 1 atom stereocenters. The number of carbonyl (C=O) groups is 1. The Labute approximate surface area is 150 Å². The van der Waals surface area contributed by atoms with Crippen LogP contribution < -0.4 is 0 Å². The Morgan fingerprint density at radius 2 is 1.40 bits per heavy atom. The van der Waals surface area contributed by atoms with Crippen molar-refractivity contribution >= 4 is 5.97 Å². The summed E-state index contributed by atoms with van der Waals surface area (Å²) in [6.07, 6.45) is 1.37. The van der Waals surface area contributed by atoms with Crippen molar-refractivity contribution < 1.29 is 14.3 Å². The summed E-state index contributed by atoms with van der Waals surface area (Å²) in [5.74, 6) is -0.266. The molecule has 0 bridgehead atoms. The molecule has 0 spiro atoms. The van der Waals surface area contributed by atoms with E-state index in [1.54, 1.807) is 0 Å². The van der Waals surface area contributed by atoms with Gasteiger partial charge < -0.3 is 9.47 Å². The molecule has 0 radical (unpaired) electrons. The molecule has 1 heterocycles. The van der Waals surface area contributed by atoms with Crippen LogP contribution in [0.4, 0.5) is 0 Å². The van der Waals surface area contributed by atoms with Crippen LogP contribution in [0.3, 0.4) is 0 Å². The van der Waals surface area contributed by atoms with Gasteiger partial charge in [0.05, 0.1) is 6.61 Å². The van der Waals surface area contributed by atoms with Crippen LogP contribution in [0.25, 0.3) is 0 Å². The van der Waals surface area contributed by atoms with Crippen LogP contribution in [0.5, 0.6) is 0 Å². The number of rotatable bonds is 6. The molecule has 3 rings (SSSR count). The smallest absolute Gasteiger partial charge is 0.342 e. The zero-order valence-electron chi connectivity index (χ0n) is 15.5. The highest BCUT2D eigenvalue weighted by Gasteiger charge is 2.76. The first-order chi connectivity index (χ1) is 12.0. The van der Waals surface area contributed by atoms with Crippen molar-refractivity contribution in [1.82, 2.24) is 0 Å². The first kappa shape index (κ1) is 17.7. The van der Waals surface area contributed by atoms with Crippen LogP contribution >= 0.6 is 0 Å². The SMILES string of the molecule is CCCOC(=O)C1(CC)OC1(c1ccc(C)cc1)c1ccc(C)cc1. The fourth-order valence-electron chi connectivity index (χ4n) is 3.53. The lowest BCUT2D eigenvalue weighted by atomic mass is 9.79. The minimum Gasteiger partial charge on any atom is -0.463 e. The van der Waals surface area contributed by atoms with Crippen molar-refractivity contribution in [3.05, 3.63) is 70.8 Å². The lowest BCUT2D eigenvalue weighted by molar-refractivity contribution is -0.150. The predicted molar refractivity (Wildman–Crippen MR) is 98.5 cm³/mol. The summed E-state index contributed by atoms with van der Waals surface area (Å²) >= 11 is 0. The number of hydrogen-bond donors (Lipinski definition) is 0. The maximum atomic E-state index is 12.9. The van der Waals surface area contributed by atoms with E-state index in [2.05, 4.69) is 62.4 Å². The van der Waals surface area contributed by atoms with Gasteiger partial charge in [0.2, 0.25) is 5.60 Å². The van der Waals surface area contributed by atoms with E-state index in [9.17, 15) is 4.79 Å². The number of hydrogen-bond acceptors (Lipinski definition) is 3. The first-order valence-corrected chi connectivity index (χ1v) is 9.02. The van der Waals surface area contributed by atoms with E-state index in [0.717, 1.165) is 17.5 Å². The van der Waals surface area contributed by atoms with Crippen LogP contribution in [0.2, 0.25) is 0 Å². The number of ether oxygens (including phenoxy) is 2. The standard InChI is InChI=1S/C22H26O3/c1-5-15-24-20(23)21(6-2)22(25-21,18-11-7-16(3)8-12-18)19-13-9-17(4)10-14-19/h7-14H,5-6,15H2,1-4H3. The van der Waals surface area contributed by atoms with Gasteiger partial charge in [0.15, 0.2) is 5.60 Å². The minimum absolute atomic E-state index is 0.266. The summed E-state index contributed by atoms with van der Waals surface area (Å²) in [7, 11) is 0. The molecule has 0 N–H and O–H groups in total. The molecule has 2 aromatic carbocycles. The van der Waals surface area contributed by atoms with Gasteiger partial charge in [-0.3, -0.25) is 0 Å². The van der Waals surface area contributed by atoms with Gasteiger partial charge in [0, 0.05) is 0 Å². The van der Waals surface area contributed by atoms with Crippen molar-refractivity contribution in [2.24, 2.45) is 0 Å². The number of carbonyl (C=O) groups excluding carboxylic acids is 1. The zero-order chi connectivity index (χ0) is 18.1. The second-order valence-electron chi connectivity index (χ2n) is 6.83. The Morgan fingerprint density at radius 3 is 1.80 bits per heavy atom. The molecule has 1 aliphatic heterocycles. The predicted octanol–water partition coefficient (Wildman–Crippen LogP) is 4.68. The van der Waals surface area contributed by atoms with E-state index in [0.29, 0.717) is 13.0 Å². The van der Waals surface area contributed by atoms with E-state index in [1.165, 1.54) is 11.1 Å². The van der Waals surface area contributed by atoms with Crippen LogP contribution in [0.1, 0.15) is 48.9 Å². The van der Waals surface area contributed by atoms with Gasteiger partial charge in [-0.15, -0.1) is 0 Å². The molecule has 3 nitrogen and oxygen atoms in total. The molecule has 0 saturated carbocycles. The second kappa shape index (κ2) is 6.64. The lowest BCUT2D eigenvalue weighted by Crippen LogP contribution is -2.35. The molecule has 1 fully saturated rings. The number of aryl methyl sites for hydroxylation is 2. The van der Waals surface area contributed by atoms with Crippen LogP contribution in [-0.4, -0.2) is 18.2 Å². The summed E-state index contributed by atoms with van der Waals surface area (Å²) in [5, 5.41) is 0. The molecule has 1 saturated heterocycles. The molecule has 2 aromatic rings. The third-order valence-electron chi connectivity index (χ3n) is 5.04. The Bertz CT molecular complexity index is 700. The minimum atomic E-state index is -0.952. The van der Waals surface area contributed by atoms with Crippen LogP contribution in [0, 0.1) is 13.8 Å². The number of benzene rings is 2. The van der Waals surface area contributed by atoms with E-state index < -0.39 is 11.2 Å². The van der Waals surface area contributed by atoms with Gasteiger partial charge in [0.1, 0.15) is 0 Å². The fraction of sp³-hybridized carbons (Fsp3) is 0.409. The molecule has 0 aromatic heterocycles. The summed E-state index contributed by atoms with van der Waals surface area (Å²) < 4.78 is 11.8. The van der Waals surface area contributed by atoms with Crippen molar-refractivity contribution in [1.29, 1.82) is 0 Å². The molecule has 1 aliphatic rings. The van der Waals surface area contributed by atoms with E-state index >= 15 is 0 Å². The molecular weight excluding hydrogens is 312 g/mol. The quantitative estimate of drug-likeness (QED) is 0.567. The van der Waals surface area contributed by atoms with Gasteiger partial charge in [-0.25, -0.2) is 4.79 Å². The van der Waals surface area contributed by atoms with Gasteiger partial charge in [-0.2, -0.15) is 0 Å².